The van der Waals surface area contributed by atoms with Gasteiger partial charge in [0, 0.05) is 25.5 Å². The lowest BCUT2D eigenvalue weighted by Gasteiger charge is -2.16. The summed E-state index contributed by atoms with van der Waals surface area (Å²) in [6, 6.07) is 11.3. The maximum Gasteiger partial charge on any atom is 0.340 e. The highest BCUT2D eigenvalue weighted by atomic mass is 16.5. The number of allylic oxidation sites excluding steroid dienone is 1. The van der Waals surface area contributed by atoms with E-state index in [0.29, 0.717) is 17.0 Å². The van der Waals surface area contributed by atoms with Crippen LogP contribution in [0.2, 0.25) is 0 Å². The minimum absolute atomic E-state index is 0.249. The van der Waals surface area contributed by atoms with Crippen molar-refractivity contribution < 1.29 is 18.7 Å². The lowest BCUT2D eigenvalue weighted by Crippen LogP contribution is -2.24. The van der Waals surface area contributed by atoms with Gasteiger partial charge in [-0.05, 0) is 42.8 Å². The van der Waals surface area contributed by atoms with Crippen LogP contribution in [0.3, 0.4) is 0 Å². The van der Waals surface area contributed by atoms with Gasteiger partial charge in [0.2, 0.25) is 0 Å². The maximum absolute atomic E-state index is 13.0. The molecule has 2 aromatic rings. The summed E-state index contributed by atoms with van der Waals surface area (Å²) in [6.45, 7) is 2.00. The Labute approximate surface area is 158 Å². The molecule has 0 unspecified atom stereocenters. The molecule has 0 radical (unpaired) electrons. The molecular formula is C21H22N2O4. The van der Waals surface area contributed by atoms with E-state index >= 15 is 0 Å². The standard InChI is InChI=1S/C21H22N2O4/c1-14-19(21(25)26-4)18(12-15-7-9-16(10-8-15)22(2)3)20(24)23(14)13-17-6-5-11-27-17/h5-12H,13H2,1-4H3/b18-12-. The van der Waals surface area contributed by atoms with Gasteiger partial charge in [-0.3, -0.25) is 4.79 Å². The van der Waals surface area contributed by atoms with Gasteiger partial charge in [-0.2, -0.15) is 0 Å². The van der Waals surface area contributed by atoms with Gasteiger partial charge in [-0.25, -0.2) is 4.79 Å². The highest BCUT2D eigenvalue weighted by Crippen LogP contribution is 2.33. The van der Waals surface area contributed by atoms with E-state index in [1.54, 1.807) is 31.4 Å². The smallest absolute Gasteiger partial charge is 0.340 e. The summed E-state index contributed by atoms with van der Waals surface area (Å²) >= 11 is 0. The molecule has 0 N–H and O–H groups in total. The summed E-state index contributed by atoms with van der Waals surface area (Å²) in [5.74, 6) is -0.136. The number of esters is 1. The van der Waals surface area contributed by atoms with Crippen molar-refractivity contribution in [2.75, 3.05) is 26.1 Å². The predicted octanol–water partition coefficient (Wildman–Crippen LogP) is 3.22. The van der Waals surface area contributed by atoms with Crippen LogP contribution in [0, 0.1) is 0 Å². The molecule has 6 heteroatoms. The van der Waals surface area contributed by atoms with Crippen molar-refractivity contribution in [2.45, 2.75) is 13.5 Å². The summed E-state index contributed by atoms with van der Waals surface area (Å²) in [4.78, 5) is 28.9. The lowest BCUT2D eigenvalue weighted by atomic mass is 10.0. The van der Waals surface area contributed by atoms with Crippen LogP contribution in [0.4, 0.5) is 5.69 Å². The van der Waals surface area contributed by atoms with Crippen molar-refractivity contribution >= 4 is 23.6 Å². The number of carbonyl (C=O) groups excluding carboxylic acids is 2. The number of nitrogens with zero attached hydrogens (tertiary/aromatic N) is 2. The van der Waals surface area contributed by atoms with Crippen molar-refractivity contribution in [3.63, 3.8) is 0 Å². The Morgan fingerprint density at radius 3 is 2.48 bits per heavy atom. The number of hydrogen-bond acceptors (Lipinski definition) is 5. The van der Waals surface area contributed by atoms with Crippen LogP contribution in [0.15, 0.2) is 63.9 Å². The fourth-order valence-corrected chi connectivity index (χ4v) is 3.01. The molecular weight excluding hydrogens is 344 g/mol. The summed E-state index contributed by atoms with van der Waals surface area (Å²) < 4.78 is 10.3. The molecule has 27 heavy (non-hydrogen) atoms. The van der Waals surface area contributed by atoms with Crippen molar-refractivity contribution in [2.24, 2.45) is 0 Å². The van der Waals surface area contributed by atoms with Crippen molar-refractivity contribution in [1.82, 2.24) is 4.90 Å². The third-order valence-corrected chi connectivity index (χ3v) is 4.52. The van der Waals surface area contributed by atoms with Crippen molar-refractivity contribution in [3.8, 4) is 0 Å². The van der Waals surface area contributed by atoms with Crippen LogP contribution in [0.5, 0.6) is 0 Å². The van der Waals surface area contributed by atoms with Crippen LogP contribution >= 0.6 is 0 Å². The van der Waals surface area contributed by atoms with Gasteiger partial charge in [-0.15, -0.1) is 0 Å². The quantitative estimate of drug-likeness (QED) is 0.601. The molecule has 0 aliphatic carbocycles. The molecule has 1 aliphatic heterocycles. The highest BCUT2D eigenvalue weighted by molar-refractivity contribution is 6.16. The molecule has 1 aromatic carbocycles. The van der Waals surface area contributed by atoms with Gasteiger partial charge in [0.1, 0.15) is 5.76 Å². The van der Waals surface area contributed by atoms with Gasteiger partial charge in [-0.1, -0.05) is 12.1 Å². The van der Waals surface area contributed by atoms with Crippen molar-refractivity contribution in [1.29, 1.82) is 0 Å². The van der Waals surface area contributed by atoms with Gasteiger partial charge < -0.3 is 19.0 Å². The molecule has 0 atom stereocenters. The average molecular weight is 366 g/mol. The summed E-state index contributed by atoms with van der Waals surface area (Å²) in [5.41, 5.74) is 3.04. The average Bonchev–Trinajstić information content (AvgIpc) is 3.25. The second-order valence-corrected chi connectivity index (χ2v) is 6.47. The number of carbonyl (C=O) groups is 2. The Morgan fingerprint density at radius 2 is 1.93 bits per heavy atom. The van der Waals surface area contributed by atoms with E-state index in [1.165, 1.54) is 12.0 Å². The highest BCUT2D eigenvalue weighted by Gasteiger charge is 2.37. The normalized spacial score (nSPS) is 15.6. The zero-order chi connectivity index (χ0) is 19.6. The molecule has 1 amide bonds. The number of rotatable bonds is 5. The topological polar surface area (TPSA) is 63.0 Å². The zero-order valence-electron chi connectivity index (χ0n) is 15.9. The van der Waals surface area contributed by atoms with Gasteiger partial charge in [0.05, 0.1) is 31.1 Å². The van der Waals surface area contributed by atoms with Crippen LogP contribution in [-0.4, -0.2) is 38.0 Å². The van der Waals surface area contributed by atoms with E-state index in [0.717, 1.165) is 11.3 Å². The van der Waals surface area contributed by atoms with E-state index < -0.39 is 5.97 Å². The van der Waals surface area contributed by atoms with Crippen LogP contribution < -0.4 is 4.90 Å². The van der Waals surface area contributed by atoms with E-state index in [2.05, 4.69) is 0 Å². The van der Waals surface area contributed by atoms with E-state index in [4.69, 9.17) is 9.15 Å². The molecule has 0 saturated heterocycles. The number of amides is 1. The van der Waals surface area contributed by atoms with E-state index in [1.807, 2.05) is 43.3 Å². The third-order valence-electron chi connectivity index (χ3n) is 4.52. The number of benzene rings is 1. The van der Waals surface area contributed by atoms with Crippen molar-refractivity contribution in [3.05, 3.63) is 70.8 Å². The first kappa shape index (κ1) is 18.5. The number of anilines is 1. The first-order valence-electron chi connectivity index (χ1n) is 8.55. The summed E-state index contributed by atoms with van der Waals surface area (Å²) in [7, 11) is 5.23. The van der Waals surface area contributed by atoms with Crippen LogP contribution in [0.1, 0.15) is 18.2 Å². The molecule has 2 heterocycles. The second-order valence-electron chi connectivity index (χ2n) is 6.47. The molecule has 0 spiro atoms. The van der Waals surface area contributed by atoms with E-state index in [-0.39, 0.29) is 18.0 Å². The number of methoxy groups -OCH3 is 1. The zero-order valence-corrected chi connectivity index (χ0v) is 15.9. The molecule has 3 rings (SSSR count). The van der Waals surface area contributed by atoms with Crippen LogP contribution in [0.25, 0.3) is 6.08 Å². The molecule has 1 aromatic heterocycles. The first-order chi connectivity index (χ1) is 12.9. The fourth-order valence-electron chi connectivity index (χ4n) is 3.01. The number of hydrogen-bond donors (Lipinski definition) is 0. The molecule has 0 bridgehead atoms. The number of furan rings is 1. The summed E-state index contributed by atoms with van der Waals surface area (Å²) in [5, 5.41) is 0. The van der Waals surface area contributed by atoms with E-state index in [9.17, 15) is 9.59 Å². The molecule has 0 saturated carbocycles. The molecule has 140 valence electrons. The second kappa shape index (κ2) is 7.53. The Bertz CT molecular complexity index is 906. The maximum atomic E-state index is 13.0. The van der Waals surface area contributed by atoms with Gasteiger partial charge in [0.15, 0.2) is 0 Å². The Hall–Kier alpha value is -3.28. The fraction of sp³-hybridized carbons (Fsp3) is 0.238. The Kier molecular flexibility index (Phi) is 5.16. The number of ether oxygens (including phenoxy) is 1. The Balaban J connectivity index is 1.99. The molecule has 0 fully saturated rings. The Morgan fingerprint density at radius 1 is 1.22 bits per heavy atom. The molecule has 1 aliphatic rings. The third kappa shape index (κ3) is 3.65. The van der Waals surface area contributed by atoms with Gasteiger partial charge >= 0.3 is 5.97 Å². The minimum atomic E-state index is -0.529. The largest absolute Gasteiger partial charge is 0.467 e. The minimum Gasteiger partial charge on any atom is -0.467 e. The first-order valence-corrected chi connectivity index (χ1v) is 8.55. The monoisotopic (exact) mass is 366 g/mol. The summed E-state index contributed by atoms with van der Waals surface area (Å²) in [6.07, 6.45) is 3.28. The molecule has 6 nitrogen and oxygen atoms in total. The predicted molar refractivity (Wildman–Crippen MR) is 103 cm³/mol. The lowest BCUT2D eigenvalue weighted by molar-refractivity contribution is -0.136. The SMILES string of the molecule is COC(=O)C1=C(C)N(Cc2ccco2)C(=O)/C1=C\c1ccc(N(C)C)cc1. The van der Waals surface area contributed by atoms with Gasteiger partial charge in [0.25, 0.3) is 5.91 Å². The van der Waals surface area contributed by atoms with Crippen LogP contribution in [-0.2, 0) is 20.9 Å².